The Kier molecular flexibility index (Phi) is 6.22. The summed E-state index contributed by atoms with van der Waals surface area (Å²) in [7, 11) is 1.70. The molecule has 4 rings (SSSR count). The third-order valence-corrected chi connectivity index (χ3v) is 7.49. The van der Waals surface area contributed by atoms with Crippen LogP contribution in [0.15, 0.2) is 77.0 Å². The molecule has 0 N–H and O–H groups in total. The van der Waals surface area contributed by atoms with Gasteiger partial charge in [0.2, 0.25) is 0 Å². The number of para-hydroxylation sites is 2. The quantitative estimate of drug-likeness (QED) is 0.317. The van der Waals surface area contributed by atoms with Crippen molar-refractivity contribution >= 4 is 46.2 Å². The molecule has 0 unspecified atom stereocenters. The molecule has 0 atom stereocenters. The first-order valence-corrected chi connectivity index (χ1v) is 12.0. The van der Waals surface area contributed by atoms with Crippen molar-refractivity contribution in [1.29, 1.82) is 0 Å². The van der Waals surface area contributed by atoms with Crippen LogP contribution in [-0.2, 0) is 0 Å². The maximum atomic E-state index is 5.36. The van der Waals surface area contributed by atoms with Crippen LogP contribution in [0, 0.1) is 0 Å². The molecule has 0 saturated heterocycles. The van der Waals surface area contributed by atoms with E-state index in [1.54, 1.807) is 7.11 Å². The van der Waals surface area contributed by atoms with Gasteiger partial charge in [0.15, 0.2) is 0 Å². The van der Waals surface area contributed by atoms with E-state index in [0.717, 1.165) is 17.2 Å². The highest BCUT2D eigenvalue weighted by Crippen LogP contribution is 2.52. The fourth-order valence-corrected chi connectivity index (χ4v) is 5.59. The second kappa shape index (κ2) is 9.02. The van der Waals surface area contributed by atoms with Crippen molar-refractivity contribution in [3.05, 3.63) is 88.2 Å². The molecule has 4 heteroatoms. The van der Waals surface area contributed by atoms with E-state index in [4.69, 9.17) is 4.74 Å². The fraction of sp³-hybridized carbons (Fsp3) is 0.200. The lowest BCUT2D eigenvalue weighted by atomic mass is 9.91. The molecule has 0 saturated carbocycles. The van der Waals surface area contributed by atoms with Gasteiger partial charge in [-0.2, -0.15) is 0 Å². The van der Waals surface area contributed by atoms with Crippen LogP contribution in [0.1, 0.15) is 24.5 Å². The number of methoxy groups -OCH3 is 1. The van der Waals surface area contributed by atoms with Crippen LogP contribution in [0.25, 0.3) is 5.57 Å². The van der Waals surface area contributed by atoms with E-state index in [2.05, 4.69) is 78.7 Å². The van der Waals surface area contributed by atoms with E-state index in [-0.39, 0.29) is 0 Å². The summed E-state index contributed by atoms with van der Waals surface area (Å²) in [4.78, 5) is 2.36. The minimum atomic E-state index is 0.869. The molecule has 0 bridgehead atoms. The topological polar surface area (TPSA) is 12.5 Å². The molecule has 3 aromatic carbocycles. The normalized spacial score (nSPS) is 12.4. The van der Waals surface area contributed by atoms with Crippen LogP contribution in [0.3, 0.4) is 0 Å². The molecule has 0 amide bonds. The van der Waals surface area contributed by atoms with Crippen molar-refractivity contribution in [1.82, 2.24) is 0 Å². The summed E-state index contributed by atoms with van der Waals surface area (Å²) in [6.07, 6.45) is 3.36. The third kappa shape index (κ3) is 3.79. The van der Waals surface area contributed by atoms with E-state index in [0.29, 0.717) is 0 Å². The molecule has 1 aliphatic heterocycles. The van der Waals surface area contributed by atoms with Gasteiger partial charge in [0, 0.05) is 26.6 Å². The second-order valence-corrected chi connectivity index (χ2v) is 8.96. The Hall–Kier alpha value is -2.30. The maximum Gasteiger partial charge on any atom is 0.119 e. The smallest absolute Gasteiger partial charge is 0.119 e. The Bertz CT molecular complexity index is 978. The highest BCUT2D eigenvalue weighted by molar-refractivity contribution is 8.22. The van der Waals surface area contributed by atoms with E-state index in [1.165, 1.54) is 38.7 Å². The Morgan fingerprint density at radius 3 is 1.97 bits per heavy atom. The highest BCUT2D eigenvalue weighted by Gasteiger charge is 2.29. The summed E-state index contributed by atoms with van der Waals surface area (Å²) in [6.45, 7) is 2.24. The number of anilines is 3. The SMILES string of the molecule is CCCSC(SC)=C1c2ccccc2N(c2ccc(OC)cc2)c2ccccc21. The van der Waals surface area contributed by atoms with Crippen molar-refractivity contribution in [2.24, 2.45) is 0 Å². The number of ether oxygens (including phenoxy) is 1. The summed E-state index contributed by atoms with van der Waals surface area (Å²) >= 11 is 3.82. The van der Waals surface area contributed by atoms with Crippen molar-refractivity contribution in [3.63, 3.8) is 0 Å². The summed E-state index contributed by atoms with van der Waals surface area (Å²) in [5, 5.41) is 0. The lowest BCUT2D eigenvalue weighted by molar-refractivity contribution is 0.415. The maximum absolute atomic E-state index is 5.36. The van der Waals surface area contributed by atoms with Gasteiger partial charge in [-0.05, 0) is 54.8 Å². The minimum absolute atomic E-state index is 0.869. The van der Waals surface area contributed by atoms with Gasteiger partial charge in [0.1, 0.15) is 5.75 Å². The average molecular weight is 420 g/mol. The zero-order chi connectivity index (χ0) is 20.2. The Balaban J connectivity index is 1.95. The molecular formula is C25H25NOS2. The van der Waals surface area contributed by atoms with Crippen LogP contribution >= 0.6 is 23.5 Å². The Morgan fingerprint density at radius 2 is 1.45 bits per heavy atom. The van der Waals surface area contributed by atoms with Crippen molar-refractivity contribution in [2.75, 3.05) is 24.0 Å². The van der Waals surface area contributed by atoms with Gasteiger partial charge in [-0.25, -0.2) is 0 Å². The number of rotatable bonds is 6. The van der Waals surface area contributed by atoms with E-state index in [9.17, 15) is 0 Å². The average Bonchev–Trinajstić information content (AvgIpc) is 2.79. The van der Waals surface area contributed by atoms with Crippen LogP contribution in [0.4, 0.5) is 17.1 Å². The van der Waals surface area contributed by atoms with Crippen molar-refractivity contribution in [2.45, 2.75) is 13.3 Å². The zero-order valence-electron chi connectivity index (χ0n) is 17.0. The predicted molar refractivity (Wildman–Crippen MR) is 130 cm³/mol. The van der Waals surface area contributed by atoms with Crippen molar-refractivity contribution < 1.29 is 4.74 Å². The number of fused-ring (bicyclic) bond motifs is 2. The summed E-state index contributed by atoms with van der Waals surface area (Å²) < 4.78 is 6.75. The predicted octanol–water partition coefficient (Wildman–Crippen LogP) is 7.70. The minimum Gasteiger partial charge on any atom is -0.497 e. The monoisotopic (exact) mass is 419 g/mol. The van der Waals surface area contributed by atoms with Crippen LogP contribution < -0.4 is 9.64 Å². The number of hydrogen-bond acceptors (Lipinski definition) is 4. The first-order chi connectivity index (χ1) is 14.3. The van der Waals surface area contributed by atoms with Gasteiger partial charge < -0.3 is 9.64 Å². The molecule has 0 fully saturated rings. The van der Waals surface area contributed by atoms with Gasteiger partial charge in [-0.3, -0.25) is 0 Å². The molecular weight excluding hydrogens is 394 g/mol. The lowest BCUT2D eigenvalue weighted by Gasteiger charge is -2.35. The number of benzene rings is 3. The van der Waals surface area contributed by atoms with Gasteiger partial charge in [0.05, 0.1) is 18.5 Å². The standard InChI is InChI=1S/C25H25NOS2/c1-4-17-29-25(28-3)24-20-9-5-7-11-22(20)26(23-12-8-6-10-21(23)24)18-13-15-19(27-2)16-14-18/h5-16H,4,17H2,1-3H3. The number of hydrogen-bond donors (Lipinski definition) is 0. The summed E-state index contributed by atoms with van der Waals surface area (Å²) in [5.74, 6) is 2.00. The van der Waals surface area contributed by atoms with Gasteiger partial charge >= 0.3 is 0 Å². The van der Waals surface area contributed by atoms with Gasteiger partial charge in [-0.15, -0.1) is 23.5 Å². The van der Waals surface area contributed by atoms with Crippen LogP contribution in [0.5, 0.6) is 5.75 Å². The fourth-order valence-electron chi connectivity index (χ4n) is 3.69. The third-order valence-electron chi connectivity index (χ3n) is 4.99. The molecule has 0 aromatic heterocycles. The van der Waals surface area contributed by atoms with E-state index in [1.807, 2.05) is 35.7 Å². The number of thioether (sulfide) groups is 2. The van der Waals surface area contributed by atoms with E-state index >= 15 is 0 Å². The first kappa shape index (κ1) is 20.0. The Morgan fingerprint density at radius 1 is 0.862 bits per heavy atom. The molecule has 3 aromatic rings. The number of nitrogens with zero attached hydrogens (tertiary/aromatic N) is 1. The van der Waals surface area contributed by atoms with E-state index < -0.39 is 0 Å². The molecule has 0 spiro atoms. The Labute approximate surface area is 182 Å². The van der Waals surface area contributed by atoms with Crippen molar-refractivity contribution in [3.8, 4) is 5.75 Å². The second-order valence-electron chi connectivity index (χ2n) is 6.78. The molecule has 29 heavy (non-hydrogen) atoms. The highest BCUT2D eigenvalue weighted by atomic mass is 32.2. The first-order valence-electron chi connectivity index (χ1n) is 9.82. The zero-order valence-corrected chi connectivity index (χ0v) is 18.6. The summed E-state index contributed by atoms with van der Waals surface area (Å²) in [6, 6.07) is 25.8. The lowest BCUT2D eigenvalue weighted by Crippen LogP contribution is -2.18. The molecule has 0 radical (unpaired) electrons. The largest absolute Gasteiger partial charge is 0.497 e. The van der Waals surface area contributed by atoms with Crippen LogP contribution in [-0.4, -0.2) is 19.1 Å². The van der Waals surface area contributed by atoms with Gasteiger partial charge in [0.25, 0.3) is 0 Å². The van der Waals surface area contributed by atoms with Gasteiger partial charge in [-0.1, -0.05) is 43.3 Å². The molecule has 2 nitrogen and oxygen atoms in total. The molecule has 1 heterocycles. The van der Waals surface area contributed by atoms with Crippen LogP contribution in [0.2, 0.25) is 0 Å². The summed E-state index contributed by atoms with van der Waals surface area (Å²) in [5.41, 5.74) is 7.50. The molecule has 148 valence electrons. The molecule has 1 aliphatic rings. The molecule has 0 aliphatic carbocycles.